The molecule has 1 atom stereocenters. The predicted molar refractivity (Wildman–Crippen MR) is 94.3 cm³/mol. The molecule has 0 spiro atoms. The Balaban J connectivity index is 1.76. The number of phenols is 1. The molecule has 118 valence electrons. The third-order valence-electron chi connectivity index (χ3n) is 3.29. The smallest absolute Gasteiger partial charge is 0.150 e. The molecule has 4 N–H and O–H groups in total. The Labute approximate surface area is 146 Å². The van der Waals surface area contributed by atoms with Crippen LogP contribution < -0.4 is 10.9 Å². The molecule has 3 rings (SSSR count). The first-order chi connectivity index (χ1) is 11.0. The topological polar surface area (TPSA) is 77.4 Å². The first kappa shape index (κ1) is 16.0. The van der Waals surface area contributed by atoms with E-state index in [0.717, 1.165) is 10.9 Å². The summed E-state index contributed by atoms with van der Waals surface area (Å²) in [5.74, 6) is 0.367. The molecule has 1 aromatic heterocycles. The van der Waals surface area contributed by atoms with Crippen LogP contribution in [-0.2, 0) is 0 Å². The number of rotatable bonds is 4. The van der Waals surface area contributed by atoms with Crippen molar-refractivity contribution in [3.05, 3.63) is 63.6 Å². The van der Waals surface area contributed by atoms with Crippen molar-refractivity contribution in [2.24, 2.45) is 0 Å². The molecule has 23 heavy (non-hydrogen) atoms. The zero-order valence-electron chi connectivity index (χ0n) is 11.8. The van der Waals surface area contributed by atoms with Crippen molar-refractivity contribution >= 4 is 44.3 Å². The highest BCUT2D eigenvalue weighted by Gasteiger charge is 2.15. The summed E-state index contributed by atoms with van der Waals surface area (Å²) < 4.78 is 0.653. The number of pyridine rings is 1. The number of fused-ring (bicyclic) bond motifs is 1. The Morgan fingerprint density at radius 2 is 1.91 bits per heavy atom. The molecule has 2 aromatic carbocycles. The van der Waals surface area contributed by atoms with E-state index in [1.165, 1.54) is 0 Å². The zero-order chi connectivity index (χ0) is 16.4. The van der Waals surface area contributed by atoms with Crippen LogP contribution in [0.3, 0.4) is 0 Å². The van der Waals surface area contributed by atoms with Gasteiger partial charge in [0.05, 0.1) is 10.5 Å². The van der Waals surface area contributed by atoms with E-state index in [1.807, 2.05) is 30.3 Å². The zero-order valence-corrected chi connectivity index (χ0v) is 14.1. The molecule has 0 aliphatic heterocycles. The lowest BCUT2D eigenvalue weighted by molar-refractivity contribution is 0.145. The number of para-hydroxylation sites is 1. The molecule has 7 heteroatoms. The van der Waals surface area contributed by atoms with Gasteiger partial charge in [-0.15, -0.1) is 0 Å². The highest BCUT2D eigenvalue weighted by molar-refractivity contribution is 9.10. The number of anilines is 1. The number of nitrogens with one attached hydrogen (secondary N) is 2. The van der Waals surface area contributed by atoms with Gasteiger partial charge in [0.2, 0.25) is 0 Å². The minimum Gasteiger partial charge on any atom is -0.506 e. The molecule has 3 aromatic rings. The van der Waals surface area contributed by atoms with Crippen LogP contribution in [0.1, 0.15) is 11.8 Å². The number of hydrogen-bond donors (Lipinski definition) is 4. The number of nitrogens with zero attached hydrogens (tertiary/aromatic N) is 1. The van der Waals surface area contributed by atoms with E-state index in [-0.39, 0.29) is 16.3 Å². The van der Waals surface area contributed by atoms with E-state index in [2.05, 4.69) is 31.8 Å². The molecular formula is C16H13BrClN3O2. The fraction of sp³-hybridized carbons (Fsp3) is 0.0625. The molecule has 0 aliphatic rings. The van der Waals surface area contributed by atoms with Crippen LogP contribution in [-0.4, -0.2) is 15.2 Å². The lowest BCUT2D eigenvalue weighted by atomic mass is 10.2. The minimum absolute atomic E-state index is 0.152. The van der Waals surface area contributed by atoms with E-state index in [1.54, 1.807) is 18.2 Å². The van der Waals surface area contributed by atoms with Crippen LogP contribution >= 0.6 is 27.5 Å². The van der Waals surface area contributed by atoms with E-state index in [9.17, 15) is 10.2 Å². The average Bonchev–Trinajstić information content (AvgIpc) is 2.55. The van der Waals surface area contributed by atoms with Gasteiger partial charge in [0.1, 0.15) is 11.6 Å². The minimum atomic E-state index is -1.17. The Morgan fingerprint density at radius 1 is 1.13 bits per heavy atom. The average molecular weight is 395 g/mol. The second kappa shape index (κ2) is 6.72. The van der Waals surface area contributed by atoms with Crippen LogP contribution in [0.15, 0.2) is 53.0 Å². The third-order valence-corrected chi connectivity index (χ3v) is 4.03. The number of aromatic nitrogens is 1. The SMILES string of the molecule is Oc1c(Cl)cc(Br)cc1C(O)NNc1ccc2ccccc2n1. The Kier molecular flexibility index (Phi) is 4.68. The number of hydrazine groups is 1. The Hall–Kier alpha value is -1.86. The summed E-state index contributed by atoms with van der Waals surface area (Å²) in [4.78, 5) is 4.42. The van der Waals surface area contributed by atoms with Crippen LogP contribution in [0.25, 0.3) is 10.9 Å². The maximum Gasteiger partial charge on any atom is 0.150 e. The van der Waals surface area contributed by atoms with Crippen molar-refractivity contribution < 1.29 is 10.2 Å². The number of halogens is 2. The molecule has 0 amide bonds. The van der Waals surface area contributed by atoms with Crippen molar-refractivity contribution in [2.75, 3.05) is 5.43 Å². The molecule has 0 saturated carbocycles. The molecule has 0 saturated heterocycles. The first-order valence-electron chi connectivity index (χ1n) is 6.78. The van der Waals surface area contributed by atoms with Crippen LogP contribution in [0.2, 0.25) is 5.02 Å². The lowest BCUT2D eigenvalue weighted by Crippen LogP contribution is -2.27. The fourth-order valence-electron chi connectivity index (χ4n) is 2.15. The molecule has 0 bridgehead atoms. The molecule has 0 aliphatic carbocycles. The first-order valence-corrected chi connectivity index (χ1v) is 7.95. The van der Waals surface area contributed by atoms with Gasteiger partial charge in [0, 0.05) is 15.4 Å². The lowest BCUT2D eigenvalue weighted by Gasteiger charge is -2.17. The van der Waals surface area contributed by atoms with E-state index in [0.29, 0.717) is 10.3 Å². The normalized spacial score (nSPS) is 12.3. The fourth-order valence-corrected chi connectivity index (χ4v) is 2.98. The number of aromatic hydroxyl groups is 1. The maximum absolute atomic E-state index is 10.2. The number of hydrogen-bond acceptors (Lipinski definition) is 5. The van der Waals surface area contributed by atoms with Crippen molar-refractivity contribution in [3.8, 4) is 5.75 Å². The molecule has 5 nitrogen and oxygen atoms in total. The summed E-state index contributed by atoms with van der Waals surface area (Å²) in [6, 6.07) is 14.6. The molecule has 0 radical (unpaired) electrons. The van der Waals surface area contributed by atoms with Crippen LogP contribution in [0.5, 0.6) is 5.75 Å². The van der Waals surface area contributed by atoms with E-state index >= 15 is 0 Å². The Morgan fingerprint density at radius 3 is 2.74 bits per heavy atom. The molecule has 0 fully saturated rings. The molecule has 1 unspecified atom stereocenters. The summed E-state index contributed by atoms with van der Waals surface area (Å²) in [5, 5.41) is 21.3. The van der Waals surface area contributed by atoms with Gasteiger partial charge < -0.3 is 15.6 Å². The third kappa shape index (κ3) is 3.56. The van der Waals surface area contributed by atoms with Gasteiger partial charge in [-0.05, 0) is 30.3 Å². The van der Waals surface area contributed by atoms with Gasteiger partial charge in [-0.2, -0.15) is 0 Å². The number of phenolic OH excluding ortho intramolecular Hbond substituents is 1. The molecular weight excluding hydrogens is 382 g/mol. The number of benzene rings is 2. The number of aliphatic hydroxyl groups excluding tert-OH is 1. The van der Waals surface area contributed by atoms with E-state index in [4.69, 9.17) is 11.6 Å². The van der Waals surface area contributed by atoms with Crippen molar-refractivity contribution in [3.63, 3.8) is 0 Å². The van der Waals surface area contributed by atoms with Crippen molar-refractivity contribution in [2.45, 2.75) is 6.23 Å². The van der Waals surface area contributed by atoms with E-state index < -0.39 is 6.23 Å². The second-order valence-corrected chi connectivity index (χ2v) is 6.21. The highest BCUT2D eigenvalue weighted by Crippen LogP contribution is 2.34. The summed E-state index contributed by atoms with van der Waals surface area (Å²) in [7, 11) is 0. The van der Waals surface area contributed by atoms with Crippen LogP contribution in [0.4, 0.5) is 5.82 Å². The second-order valence-electron chi connectivity index (χ2n) is 4.89. The highest BCUT2D eigenvalue weighted by atomic mass is 79.9. The van der Waals surface area contributed by atoms with Gasteiger partial charge in [0.25, 0.3) is 0 Å². The maximum atomic E-state index is 10.2. The van der Waals surface area contributed by atoms with Crippen molar-refractivity contribution in [1.29, 1.82) is 0 Å². The summed E-state index contributed by atoms with van der Waals surface area (Å²) in [6.45, 7) is 0. The summed E-state index contributed by atoms with van der Waals surface area (Å²) >= 11 is 9.17. The summed E-state index contributed by atoms with van der Waals surface area (Å²) in [6.07, 6.45) is -1.17. The monoisotopic (exact) mass is 393 g/mol. The van der Waals surface area contributed by atoms with Gasteiger partial charge >= 0.3 is 0 Å². The standard InChI is InChI=1S/C16H13BrClN3O2/c17-10-7-11(15(22)12(18)8-10)16(23)21-20-14-6-5-9-3-1-2-4-13(9)19-14/h1-8,16,21-23H,(H,19,20). The van der Waals surface area contributed by atoms with Crippen molar-refractivity contribution in [1.82, 2.24) is 10.4 Å². The van der Waals surface area contributed by atoms with Gasteiger partial charge in [0.15, 0.2) is 6.23 Å². The quantitative estimate of drug-likeness (QED) is 0.398. The van der Waals surface area contributed by atoms with Crippen LogP contribution in [0, 0.1) is 0 Å². The molecule has 1 heterocycles. The largest absolute Gasteiger partial charge is 0.506 e. The van der Waals surface area contributed by atoms with Gasteiger partial charge in [-0.1, -0.05) is 45.7 Å². The Bertz CT molecular complexity index is 860. The summed E-state index contributed by atoms with van der Waals surface area (Å²) in [5.41, 5.74) is 6.58. The number of aliphatic hydroxyl groups is 1. The predicted octanol–water partition coefficient (Wildman–Crippen LogP) is 3.96. The van der Waals surface area contributed by atoms with Gasteiger partial charge in [-0.3, -0.25) is 0 Å². The van der Waals surface area contributed by atoms with Gasteiger partial charge in [-0.25, -0.2) is 10.4 Å².